The maximum absolute atomic E-state index is 12.0. The number of methoxy groups -OCH3 is 1. The van der Waals surface area contributed by atoms with Crippen molar-refractivity contribution in [2.75, 3.05) is 13.7 Å². The summed E-state index contributed by atoms with van der Waals surface area (Å²) in [6.07, 6.45) is 0.179. The average molecular weight is 286 g/mol. The van der Waals surface area contributed by atoms with Gasteiger partial charge in [-0.05, 0) is 19.3 Å². The van der Waals surface area contributed by atoms with Gasteiger partial charge < -0.3 is 15.2 Å². The van der Waals surface area contributed by atoms with Crippen LogP contribution in [0.15, 0.2) is 0 Å². The van der Waals surface area contributed by atoms with E-state index in [-0.39, 0.29) is 17.9 Å². The van der Waals surface area contributed by atoms with Crippen molar-refractivity contribution >= 4 is 17.2 Å². The summed E-state index contributed by atoms with van der Waals surface area (Å²) in [5.41, 5.74) is 0.721. The number of aliphatic hydroxyl groups excluding tert-OH is 1. The molecule has 0 saturated carbocycles. The van der Waals surface area contributed by atoms with Crippen LogP contribution in [0.4, 0.5) is 0 Å². The second-order valence-corrected chi connectivity index (χ2v) is 5.89. The smallest absolute Gasteiger partial charge is 0.263 e. The molecule has 1 aromatic rings. The van der Waals surface area contributed by atoms with Crippen LogP contribution < -0.4 is 5.32 Å². The number of aliphatic hydroxyl groups is 1. The van der Waals surface area contributed by atoms with Crippen LogP contribution in [0.1, 0.15) is 40.6 Å². The number of aromatic nitrogens is 1. The minimum Gasteiger partial charge on any atom is -0.393 e. The zero-order chi connectivity index (χ0) is 14.4. The number of amides is 1. The van der Waals surface area contributed by atoms with Gasteiger partial charge in [-0.3, -0.25) is 4.79 Å². The van der Waals surface area contributed by atoms with Crippen LogP contribution in [0.2, 0.25) is 0 Å². The molecule has 0 aliphatic rings. The van der Waals surface area contributed by atoms with Crippen LogP contribution in [-0.2, 0) is 11.3 Å². The maximum Gasteiger partial charge on any atom is 0.263 e. The lowest BCUT2D eigenvalue weighted by Gasteiger charge is -2.14. The molecule has 0 saturated heterocycles. The lowest BCUT2D eigenvalue weighted by atomic mass is 10.0. The van der Waals surface area contributed by atoms with Gasteiger partial charge in [-0.2, -0.15) is 0 Å². The van der Waals surface area contributed by atoms with E-state index in [1.165, 1.54) is 11.3 Å². The fraction of sp³-hybridized carbons (Fsp3) is 0.692. The lowest BCUT2D eigenvalue weighted by molar-refractivity contribution is 0.0923. The first-order valence-electron chi connectivity index (χ1n) is 6.37. The van der Waals surface area contributed by atoms with Gasteiger partial charge >= 0.3 is 0 Å². The summed E-state index contributed by atoms with van der Waals surface area (Å²) in [6.45, 7) is 6.61. The Hall–Kier alpha value is -0.980. The molecule has 0 aliphatic heterocycles. The van der Waals surface area contributed by atoms with Gasteiger partial charge in [0.2, 0.25) is 0 Å². The van der Waals surface area contributed by atoms with Crippen molar-refractivity contribution in [1.82, 2.24) is 10.3 Å². The molecule has 6 heteroatoms. The van der Waals surface area contributed by atoms with Gasteiger partial charge in [-0.15, -0.1) is 11.3 Å². The summed E-state index contributed by atoms with van der Waals surface area (Å²) < 4.78 is 5.00. The van der Waals surface area contributed by atoms with Crippen molar-refractivity contribution in [2.24, 2.45) is 5.92 Å². The molecule has 5 nitrogen and oxygen atoms in total. The van der Waals surface area contributed by atoms with Gasteiger partial charge in [0.15, 0.2) is 0 Å². The van der Waals surface area contributed by atoms with Crippen LogP contribution in [0.3, 0.4) is 0 Å². The van der Waals surface area contributed by atoms with Gasteiger partial charge in [0.05, 0.1) is 18.4 Å². The number of rotatable bonds is 7. The van der Waals surface area contributed by atoms with Crippen LogP contribution in [-0.4, -0.2) is 35.8 Å². The van der Waals surface area contributed by atoms with E-state index in [9.17, 15) is 9.90 Å². The number of carbonyl (C=O) groups excluding carboxylic acids is 1. The Bertz CT molecular complexity index is 418. The third kappa shape index (κ3) is 4.89. The van der Waals surface area contributed by atoms with E-state index in [4.69, 9.17) is 4.74 Å². The Morgan fingerprint density at radius 2 is 2.21 bits per heavy atom. The first-order chi connectivity index (χ1) is 8.95. The van der Waals surface area contributed by atoms with Crippen molar-refractivity contribution in [3.05, 3.63) is 15.6 Å². The summed E-state index contributed by atoms with van der Waals surface area (Å²) in [5.74, 6) is 0.0728. The van der Waals surface area contributed by atoms with E-state index in [1.54, 1.807) is 7.11 Å². The number of thiazole rings is 1. The van der Waals surface area contributed by atoms with E-state index < -0.39 is 0 Å². The molecular weight excluding hydrogens is 264 g/mol. The topological polar surface area (TPSA) is 71.5 Å². The van der Waals surface area contributed by atoms with Crippen molar-refractivity contribution < 1.29 is 14.6 Å². The quantitative estimate of drug-likeness (QED) is 0.801. The molecule has 0 bridgehead atoms. The predicted molar refractivity (Wildman–Crippen MR) is 75.4 cm³/mol. The third-order valence-electron chi connectivity index (χ3n) is 2.81. The number of nitrogens with one attached hydrogen (secondary N) is 1. The Labute approximate surface area is 118 Å². The summed E-state index contributed by atoms with van der Waals surface area (Å²) in [7, 11) is 1.60. The Kier molecular flexibility index (Phi) is 6.41. The fourth-order valence-electron chi connectivity index (χ4n) is 1.60. The summed E-state index contributed by atoms with van der Waals surface area (Å²) >= 11 is 1.35. The lowest BCUT2D eigenvalue weighted by Crippen LogP contribution is -2.28. The second-order valence-electron chi connectivity index (χ2n) is 4.81. The van der Waals surface area contributed by atoms with Gasteiger partial charge in [0.25, 0.3) is 5.91 Å². The number of ether oxygens (including phenoxy) is 1. The largest absolute Gasteiger partial charge is 0.393 e. The number of hydrogen-bond donors (Lipinski definition) is 2. The summed E-state index contributed by atoms with van der Waals surface area (Å²) in [6, 6.07) is 0. The molecule has 1 amide bonds. The van der Waals surface area contributed by atoms with Crippen molar-refractivity contribution in [3.63, 3.8) is 0 Å². The SMILES string of the molecule is COCc1nc(C)c(C(=O)NCCC(O)C(C)C)s1. The average Bonchev–Trinajstić information content (AvgIpc) is 2.70. The standard InChI is InChI=1S/C13H22N2O3S/c1-8(2)10(16)5-6-14-13(17)12-9(3)15-11(19-12)7-18-4/h8,10,16H,5-7H2,1-4H3,(H,14,17). The van der Waals surface area contributed by atoms with Crippen molar-refractivity contribution in [2.45, 2.75) is 39.9 Å². The summed E-state index contributed by atoms with van der Waals surface area (Å²) in [4.78, 5) is 16.9. The molecule has 19 heavy (non-hydrogen) atoms. The van der Waals surface area contributed by atoms with Gasteiger partial charge in [0, 0.05) is 13.7 Å². The molecule has 108 valence electrons. The molecule has 1 unspecified atom stereocenters. The highest BCUT2D eigenvalue weighted by molar-refractivity contribution is 7.13. The second kappa shape index (κ2) is 7.57. The van der Waals surface area contributed by atoms with Crippen LogP contribution in [0.5, 0.6) is 0 Å². The zero-order valence-corrected chi connectivity index (χ0v) is 12.7. The fourth-order valence-corrected chi connectivity index (χ4v) is 2.55. The molecule has 2 N–H and O–H groups in total. The minimum absolute atomic E-state index is 0.131. The number of hydrogen-bond acceptors (Lipinski definition) is 5. The maximum atomic E-state index is 12.0. The van der Waals surface area contributed by atoms with E-state index in [0.29, 0.717) is 24.4 Å². The molecule has 0 spiro atoms. The summed E-state index contributed by atoms with van der Waals surface area (Å²) in [5, 5.41) is 13.3. The first-order valence-corrected chi connectivity index (χ1v) is 7.18. The molecule has 0 fully saturated rings. The third-order valence-corrected chi connectivity index (χ3v) is 3.94. The van der Waals surface area contributed by atoms with Gasteiger partial charge in [-0.1, -0.05) is 13.8 Å². The van der Waals surface area contributed by atoms with E-state index in [1.807, 2.05) is 20.8 Å². The highest BCUT2D eigenvalue weighted by atomic mass is 32.1. The molecule has 0 aliphatic carbocycles. The molecule has 1 heterocycles. The predicted octanol–water partition coefficient (Wildman–Crippen LogP) is 1.73. The molecule has 0 aromatic carbocycles. The Morgan fingerprint density at radius 3 is 2.79 bits per heavy atom. The zero-order valence-electron chi connectivity index (χ0n) is 11.9. The van der Waals surface area contributed by atoms with Gasteiger partial charge in [-0.25, -0.2) is 4.98 Å². The first kappa shape index (κ1) is 16.1. The van der Waals surface area contributed by atoms with Crippen molar-refractivity contribution in [1.29, 1.82) is 0 Å². The van der Waals surface area contributed by atoms with E-state index in [0.717, 1.165) is 10.7 Å². The molecule has 1 atom stereocenters. The number of aryl methyl sites for hydroxylation is 1. The van der Waals surface area contributed by atoms with Crippen LogP contribution in [0.25, 0.3) is 0 Å². The van der Waals surface area contributed by atoms with E-state index >= 15 is 0 Å². The van der Waals surface area contributed by atoms with Gasteiger partial charge in [0.1, 0.15) is 9.88 Å². The molecular formula is C13H22N2O3S. The van der Waals surface area contributed by atoms with Crippen LogP contribution >= 0.6 is 11.3 Å². The number of nitrogens with zero attached hydrogens (tertiary/aromatic N) is 1. The molecule has 0 radical (unpaired) electrons. The molecule has 1 rings (SSSR count). The normalized spacial score (nSPS) is 12.7. The minimum atomic E-state index is -0.382. The van der Waals surface area contributed by atoms with Crippen molar-refractivity contribution in [3.8, 4) is 0 Å². The highest BCUT2D eigenvalue weighted by Gasteiger charge is 2.15. The highest BCUT2D eigenvalue weighted by Crippen LogP contribution is 2.18. The Balaban J connectivity index is 2.49. The molecule has 1 aromatic heterocycles. The monoisotopic (exact) mass is 286 g/mol. The van der Waals surface area contributed by atoms with E-state index in [2.05, 4.69) is 10.3 Å². The number of carbonyl (C=O) groups is 1. The Morgan fingerprint density at radius 1 is 1.53 bits per heavy atom. The van der Waals surface area contributed by atoms with Crippen LogP contribution in [0, 0.1) is 12.8 Å².